The van der Waals surface area contributed by atoms with Crippen molar-refractivity contribution in [3.8, 4) is 0 Å². The number of nitrogens with one attached hydrogen (secondary N) is 1. The lowest BCUT2D eigenvalue weighted by atomic mass is 10.1. The van der Waals surface area contributed by atoms with Gasteiger partial charge in [0.05, 0.1) is 0 Å². The van der Waals surface area contributed by atoms with E-state index in [1.54, 1.807) is 0 Å². The molecule has 14 heavy (non-hydrogen) atoms. The van der Waals surface area contributed by atoms with Crippen LogP contribution >= 0.6 is 0 Å². The van der Waals surface area contributed by atoms with Crippen LogP contribution < -0.4 is 5.32 Å². The highest BCUT2D eigenvalue weighted by molar-refractivity contribution is 5.20. The van der Waals surface area contributed by atoms with Crippen molar-refractivity contribution in [3.63, 3.8) is 0 Å². The first kappa shape index (κ1) is 11.1. The van der Waals surface area contributed by atoms with E-state index in [2.05, 4.69) is 35.2 Å². The molecule has 1 rings (SSSR count). The lowest BCUT2D eigenvalue weighted by molar-refractivity contribution is 0.327. The first-order valence-electron chi connectivity index (χ1n) is 4.96. The van der Waals surface area contributed by atoms with Crippen LogP contribution in [-0.2, 0) is 6.54 Å². The third-order valence-corrected chi connectivity index (χ3v) is 2.33. The largest absolute Gasteiger partial charge is 0.318 e. The Morgan fingerprint density at radius 3 is 2.93 bits per heavy atom. The van der Waals surface area contributed by atoms with Gasteiger partial charge in [-0.3, -0.25) is 4.98 Å². The quantitative estimate of drug-likeness (QED) is 0.757. The molecular weight excluding hydrogens is 174 g/mol. The fraction of sp³-hybridized carbons (Fsp3) is 0.545. The molecule has 0 aromatic carbocycles. The topological polar surface area (TPSA) is 28.2 Å². The Kier molecular flexibility index (Phi) is 4.56. The summed E-state index contributed by atoms with van der Waals surface area (Å²) in [6.07, 6.45) is 3.79. The predicted octanol–water partition coefficient (Wildman–Crippen LogP) is 1.04. The molecule has 0 unspecified atom stereocenters. The Bertz CT molecular complexity index is 273. The molecule has 3 heteroatoms. The van der Waals surface area contributed by atoms with Crippen molar-refractivity contribution in [2.24, 2.45) is 0 Å². The summed E-state index contributed by atoms with van der Waals surface area (Å²) < 4.78 is 0. The highest BCUT2D eigenvalue weighted by atomic mass is 15.1. The maximum absolute atomic E-state index is 4.14. The molecule has 1 heterocycles. The predicted molar refractivity (Wildman–Crippen MR) is 59.2 cm³/mol. The number of aromatic nitrogens is 1. The number of nitrogens with zero attached hydrogens (tertiary/aromatic N) is 2. The van der Waals surface area contributed by atoms with Crippen molar-refractivity contribution in [2.45, 2.75) is 13.5 Å². The van der Waals surface area contributed by atoms with Gasteiger partial charge in [0.25, 0.3) is 0 Å². The SMILES string of the molecule is CNCCN(C)Cc1cnccc1C. The Morgan fingerprint density at radius 2 is 2.29 bits per heavy atom. The molecule has 0 saturated carbocycles. The number of likely N-dealkylation sites (N-methyl/N-ethyl adjacent to an activating group) is 2. The third kappa shape index (κ3) is 3.44. The van der Waals surface area contributed by atoms with Crippen LogP contribution in [0.5, 0.6) is 0 Å². The monoisotopic (exact) mass is 193 g/mol. The van der Waals surface area contributed by atoms with E-state index in [0.717, 1.165) is 19.6 Å². The molecule has 0 fully saturated rings. The van der Waals surface area contributed by atoms with Gasteiger partial charge in [-0.2, -0.15) is 0 Å². The number of hydrogen-bond acceptors (Lipinski definition) is 3. The Labute approximate surface area is 86.2 Å². The Hall–Kier alpha value is -0.930. The van der Waals surface area contributed by atoms with Gasteiger partial charge in [-0.15, -0.1) is 0 Å². The van der Waals surface area contributed by atoms with Crippen LogP contribution in [0.4, 0.5) is 0 Å². The highest BCUT2D eigenvalue weighted by Gasteiger charge is 2.01. The second-order valence-corrected chi connectivity index (χ2v) is 3.64. The van der Waals surface area contributed by atoms with Gasteiger partial charge in [-0.05, 0) is 38.2 Å². The van der Waals surface area contributed by atoms with Crippen LogP contribution in [0.15, 0.2) is 18.5 Å². The van der Waals surface area contributed by atoms with Crippen molar-refractivity contribution >= 4 is 0 Å². The summed E-state index contributed by atoms with van der Waals surface area (Å²) >= 11 is 0. The average molecular weight is 193 g/mol. The molecule has 0 aliphatic carbocycles. The van der Waals surface area contributed by atoms with E-state index in [-0.39, 0.29) is 0 Å². The lowest BCUT2D eigenvalue weighted by Gasteiger charge is -2.17. The van der Waals surface area contributed by atoms with Crippen LogP contribution in [0.3, 0.4) is 0 Å². The van der Waals surface area contributed by atoms with Gasteiger partial charge in [0, 0.05) is 32.0 Å². The van der Waals surface area contributed by atoms with Crippen LogP contribution in [0.1, 0.15) is 11.1 Å². The van der Waals surface area contributed by atoms with Crippen LogP contribution in [-0.4, -0.2) is 37.1 Å². The maximum Gasteiger partial charge on any atom is 0.0315 e. The van der Waals surface area contributed by atoms with Crippen LogP contribution in [0.2, 0.25) is 0 Å². The van der Waals surface area contributed by atoms with Gasteiger partial charge in [0.1, 0.15) is 0 Å². The summed E-state index contributed by atoms with van der Waals surface area (Å²) in [4.78, 5) is 6.43. The fourth-order valence-electron chi connectivity index (χ4n) is 1.33. The Balaban J connectivity index is 2.47. The van der Waals surface area contributed by atoms with E-state index in [1.165, 1.54) is 11.1 Å². The molecule has 0 atom stereocenters. The molecule has 0 aliphatic heterocycles. The molecule has 0 aliphatic rings. The van der Waals surface area contributed by atoms with Gasteiger partial charge in [-0.25, -0.2) is 0 Å². The first-order chi connectivity index (χ1) is 6.74. The maximum atomic E-state index is 4.14. The number of hydrogen-bond donors (Lipinski definition) is 1. The summed E-state index contributed by atoms with van der Waals surface area (Å²) in [5.74, 6) is 0. The molecule has 0 bridgehead atoms. The molecule has 1 N–H and O–H groups in total. The number of aryl methyl sites for hydroxylation is 1. The molecule has 3 nitrogen and oxygen atoms in total. The summed E-state index contributed by atoms with van der Waals surface area (Å²) in [6, 6.07) is 2.06. The van der Waals surface area contributed by atoms with Crippen molar-refractivity contribution < 1.29 is 0 Å². The standard InChI is InChI=1S/C11H19N3/c1-10-4-5-13-8-11(10)9-14(3)7-6-12-2/h4-5,8,12H,6-7,9H2,1-3H3. The zero-order valence-corrected chi connectivity index (χ0v) is 9.25. The van der Waals surface area contributed by atoms with Crippen molar-refractivity contribution in [1.29, 1.82) is 0 Å². The summed E-state index contributed by atoms with van der Waals surface area (Å²) in [5.41, 5.74) is 2.63. The molecule has 78 valence electrons. The minimum Gasteiger partial charge on any atom is -0.318 e. The summed E-state index contributed by atoms with van der Waals surface area (Å²) in [7, 11) is 4.10. The van der Waals surface area contributed by atoms with E-state index >= 15 is 0 Å². The highest BCUT2D eigenvalue weighted by Crippen LogP contribution is 2.06. The molecule has 0 amide bonds. The van der Waals surface area contributed by atoms with Gasteiger partial charge in [0.2, 0.25) is 0 Å². The first-order valence-corrected chi connectivity index (χ1v) is 4.96. The van der Waals surface area contributed by atoms with Gasteiger partial charge >= 0.3 is 0 Å². The number of rotatable bonds is 5. The summed E-state index contributed by atoms with van der Waals surface area (Å²) in [6.45, 7) is 5.19. The van der Waals surface area contributed by atoms with Crippen LogP contribution in [0, 0.1) is 6.92 Å². The van der Waals surface area contributed by atoms with Gasteiger partial charge in [0.15, 0.2) is 0 Å². The lowest BCUT2D eigenvalue weighted by Crippen LogP contribution is -2.27. The van der Waals surface area contributed by atoms with Crippen LogP contribution in [0.25, 0.3) is 0 Å². The van der Waals surface area contributed by atoms with Crippen molar-refractivity contribution in [3.05, 3.63) is 29.6 Å². The van der Waals surface area contributed by atoms with Crippen molar-refractivity contribution in [1.82, 2.24) is 15.2 Å². The normalized spacial score (nSPS) is 10.9. The van der Waals surface area contributed by atoms with E-state index < -0.39 is 0 Å². The second-order valence-electron chi connectivity index (χ2n) is 3.64. The molecule has 1 aromatic rings. The van der Waals surface area contributed by atoms with Gasteiger partial charge in [-0.1, -0.05) is 0 Å². The zero-order valence-electron chi connectivity index (χ0n) is 9.25. The molecular formula is C11H19N3. The van der Waals surface area contributed by atoms with E-state index in [0.29, 0.717) is 0 Å². The number of pyridine rings is 1. The molecule has 1 aromatic heterocycles. The fourth-order valence-corrected chi connectivity index (χ4v) is 1.33. The van der Waals surface area contributed by atoms with E-state index in [9.17, 15) is 0 Å². The molecule has 0 spiro atoms. The van der Waals surface area contributed by atoms with Crippen molar-refractivity contribution in [2.75, 3.05) is 27.2 Å². The summed E-state index contributed by atoms with van der Waals surface area (Å²) in [5, 5.41) is 3.14. The molecule has 0 radical (unpaired) electrons. The van der Waals surface area contributed by atoms with Gasteiger partial charge < -0.3 is 10.2 Å². The smallest absolute Gasteiger partial charge is 0.0315 e. The third-order valence-electron chi connectivity index (χ3n) is 2.33. The minimum absolute atomic E-state index is 0.974. The van der Waals surface area contributed by atoms with E-state index in [4.69, 9.17) is 0 Å². The average Bonchev–Trinajstić information content (AvgIpc) is 2.18. The molecule has 0 saturated heterocycles. The van der Waals surface area contributed by atoms with E-state index in [1.807, 2.05) is 19.4 Å². The second kappa shape index (κ2) is 5.73. The zero-order chi connectivity index (χ0) is 10.4. The Morgan fingerprint density at radius 1 is 1.50 bits per heavy atom. The minimum atomic E-state index is 0.974.